The highest BCUT2D eigenvalue weighted by atomic mass is 79.9. The van der Waals surface area contributed by atoms with Crippen LogP contribution in [0.4, 0.5) is 0 Å². The molecular weight excluding hydrogens is 344 g/mol. The van der Waals surface area contributed by atoms with Crippen LogP contribution in [0.25, 0.3) is 0 Å². The van der Waals surface area contributed by atoms with E-state index < -0.39 is 13.6 Å². The predicted molar refractivity (Wildman–Crippen MR) is 71.0 cm³/mol. The second kappa shape index (κ2) is 5.08. The van der Waals surface area contributed by atoms with Gasteiger partial charge in [0, 0.05) is 6.42 Å². The van der Waals surface area contributed by atoms with Gasteiger partial charge in [-0.3, -0.25) is 0 Å². The van der Waals surface area contributed by atoms with Crippen LogP contribution >= 0.6 is 31.9 Å². The van der Waals surface area contributed by atoms with Crippen LogP contribution in [0.15, 0.2) is 18.2 Å². The van der Waals surface area contributed by atoms with Crippen molar-refractivity contribution in [2.75, 3.05) is 0 Å². The van der Waals surface area contributed by atoms with E-state index in [9.17, 15) is 4.21 Å². The van der Waals surface area contributed by atoms with E-state index in [1.165, 1.54) is 0 Å². The Morgan fingerprint density at radius 1 is 1.40 bits per heavy atom. The van der Waals surface area contributed by atoms with Gasteiger partial charge in [0.15, 0.2) is 13.6 Å². The standard InChI is InChI=1S/C10H12Br2O2S/c1-7-3-4-8(2)9(5-7)6-10(11,12)15(13)14/h3-5H,6H2,1-2H3,(H,13,14). The Kier molecular flexibility index (Phi) is 4.52. The first-order chi connectivity index (χ1) is 6.83. The summed E-state index contributed by atoms with van der Waals surface area (Å²) in [6, 6.07) is 6.07. The summed E-state index contributed by atoms with van der Waals surface area (Å²) in [5, 5.41) is 0. The molecule has 15 heavy (non-hydrogen) atoms. The molecule has 0 saturated heterocycles. The lowest BCUT2D eigenvalue weighted by Gasteiger charge is -2.17. The van der Waals surface area contributed by atoms with Gasteiger partial charge < -0.3 is 4.55 Å². The van der Waals surface area contributed by atoms with E-state index >= 15 is 0 Å². The minimum absolute atomic E-state index is 0.462. The van der Waals surface area contributed by atoms with Gasteiger partial charge in [-0.15, -0.1) is 0 Å². The van der Waals surface area contributed by atoms with Gasteiger partial charge in [0.1, 0.15) is 0 Å². The maximum absolute atomic E-state index is 11.0. The smallest absolute Gasteiger partial charge is 0.184 e. The van der Waals surface area contributed by atoms with Gasteiger partial charge in [0.2, 0.25) is 0 Å². The van der Waals surface area contributed by atoms with Crippen molar-refractivity contribution in [1.29, 1.82) is 0 Å². The molecule has 0 aliphatic rings. The normalized spacial score (nSPS) is 13.9. The van der Waals surface area contributed by atoms with Crippen LogP contribution in [-0.2, 0) is 17.5 Å². The summed E-state index contributed by atoms with van der Waals surface area (Å²) in [4.78, 5) is 0. The molecule has 0 spiro atoms. The Balaban J connectivity index is 2.99. The molecule has 1 unspecified atom stereocenters. The third-order valence-electron chi connectivity index (χ3n) is 2.16. The van der Waals surface area contributed by atoms with Crippen LogP contribution in [0.1, 0.15) is 16.7 Å². The summed E-state index contributed by atoms with van der Waals surface area (Å²) >= 11 is 4.46. The molecule has 0 aliphatic heterocycles. The molecule has 1 aromatic rings. The fourth-order valence-corrected chi connectivity index (χ4v) is 2.16. The molecule has 0 radical (unpaired) electrons. The quantitative estimate of drug-likeness (QED) is 0.665. The average molecular weight is 356 g/mol. The van der Waals surface area contributed by atoms with Gasteiger partial charge in [0.25, 0.3) is 0 Å². The maximum Gasteiger partial charge on any atom is 0.184 e. The van der Waals surface area contributed by atoms with Gasteiger partial charge >= 0.3 is 0 Å². The monoisotopic (exact) mass is 354 g/mol. The third-order valence-corrected chi connectivity index (χ3v) is 5.03. The summed E-state index contributed by atoms with van der Waals surface area (Å²) in [5.74, 6) is 0. The van der Waals surface area contributed by atoms with Crippen LogP contribution in [0, 0.1) is 13.8 Å². The molecule has 0 aliphatic carbocycles. The van der Waals surface area contributed by atoms with Crippen molar-refractivity contribution in [2.45, 2.75) is 22.8 Å². The highest BCUT2D eigenvalue weighted by Crippen LogP contribution is 2.34. The van der Waals surface area contributed by atoms with Crippen molar-refractivity contribution in [3.63, 3.8) is 0 Å². The summed E-state index contributed by atoms with van der Waals surface area (Å²) in [6.07, 6.45) is 0.462. The number of aryl methyl sites for hydroxylation is 2. The summed E-state index contributed by atoms with van der Waals surface area (Å²) in [6.45, 7) is 3.99. The minimum atomic E-state index is -1.96. The first kappa shape index (κ1) is 13.4. The van der Waals surface area contributed by atoms with E-state index in [4.69, 9.17) is 4.55 Å². The Hall–Kier alpha value is 0.290. The highest BCUT2D eigenvalue weighted by Gasteiger charge is 2.30. The van der Waals surface area contributed by atoms with Crippen molar-refractivity contribution in [1.82, 2.24) is 0 Å². The fourth-order valence-electron chi connectivity index (χ4n) is 1.27. The van der Waals surface area contributed by atoms with E-state index in [0.717, 1.165) is 16.7 Å². The average Bonchev–Trinajstić information content (AvgIpc) is 2.10. The second-order valence-electron chi connectivity index (χ2n) is 3.49. The number of hydrogen-bond acceptors (Lipinski definition) is 1. The number of rotatable bonds is 3. The lowest BCUT2D eigenvalue weighted by atomic mass is 10.0. The molecule has 0 heterocycles. The molecule has 84 valence electrons. The molecule has 1 rings (SSSR count). The molecule has 2 nitrogen and oxygen atoms in total. The Labute approximate surface area is 109 Å². The predicted octanol–water partition coefficient (Wildman–Crippen LogP) is 3.51. The molecular formula is C10H12Br2O2S. The topological polar surface area (TPSA) is 37.3 Å². The summed E-state index contributed by atoms with van der Waals surface area (Å²) in [7, 11) is 0. The zero-order valence-electron chi connectivity index (χ0n) is 8.46. The van der Waals surface area contributed by atoms with Gasteiger partial charge in [-0.25, -0.2) is 4.21 Å². The van der Waals surface area contributed by atoms with Gasteiger partial charge in [0.05, 0.1) is 0 Å². The molecule has 0 bridgehead atoms. The van der Waals surface area contributed by atoms with Crippen molar-refractivity contribution in [2.24, 2.45) is 0 Å². The zero-order chi connectivity index (χ0) is 11.6. The second-order valence-corrected chi connectivity index (χ2v) is 9.51. The number of halogens is 2. The van der Waals surface area contributed by atoms with E-state index in [1.54, 1.807) is 0 Å². The van der Waals surface area contributed by atoms with Crippen LogP contribution in [-0.4, -0.2) is 11.3 Å². The van der Waals surface area contributed by atoms with E-state index in [1.807, 2.05) is 32.0 Å². The molecule has 5 heteroatoms. The fraction of sp³-hybridized carbons (Fsp3) is 0.400. The van der Waals surface area contributed by atoms with Crippen molar-refractivity contribution in [3.8, 4) is 0 Å². The van der Waals surface area contributed by atoms with Crippen molar-refractivity contribution < 1.29 is 8.76 Å². The molecule has 0 saturated carbocycles. The Bertz CT molecular complexity index is 391. The van der Waals surface area contributed by atoms with Crippen LogP contribution in [0.2, 0.25) is 0 Å². The number of hydrogen-bond donors (Lipinski definition) is 1. The lowest BCUT2D eigenvalue weighted by Crippen LogP contribution is -2.21. The van der Waals surface area contributed by atoms with Crippen molar-refractivity contribution in [3.05, 3.63) is 34.9 Å². The van der Waals surface area contributed by atoms with Gasteiger partial charge in [-0.2, -0.15) is 0 Å². The summed E-state index contributed by atoms with van der Waals surface area (Å²) in [5.41, 5.74) is 3.33. The first-order valence-corrected chi connectivity index (χ1v) is 7.07. The lowest BCUT2D eigenvalue weighted by molar-refractivity contribution is 0.558. The zero-order valence-corrected chi connectivity index (χ0v) is 12.4. The Morgan fingerprint density at radius 3 is 2.53 bits per heavy atom. The third kappa shape index (κ3) is 3.66. The minimum Gasteiger partial charge on any atom is -0.304 e. The van der Waals surface area contributed by atoms with E-state index in [-0.39, 0.29) is 0 Å². The molecule has 1 aromatic carbocycles. The summed E-state index contributed by atoms with van der Waals surface area (Å²) < 4.78 is 19.2. The first-order valence-electron chi connectivity index (χ1n) is 4.38. The van der Waals surface area contributed by atoms with Crippen LogP contribution in [0.5, 0.6) is 0 Å². The van der Waals surface area contributed by atoms with Crippen molar-refractivity contribution >= 4 is 42.9 Å². The largest absolute Gasteiger partial charge is 0.304 e. The van der Waals surface area contributed by atoms with Gasteiger partial charge in [-0.05, 0) is 25.0 Å². The SMILES string of the molecule is Cc1ccc(C)c(CC(Br)(Br)S(=O)O)c1. The van der Waals surface area contributed by atoms with Crippen LogP contribution < -0.4 is 0 Å². The maximum atomic E-state index is 11.0. The van der Waals surface area contributed by atoms with E-state index in [0.29, 0.717) is 6.42 Å². The van der Waals surface area contributed by atoms with Gasteiger partial charge in [-0.1, -0.05) is 55.6 Å². The number of benzene rings is 1. The molecule has 0 aromatic heterocycles. The molecule has 0 amide bonds. The molecule has 1 atom stereocenters. The molecule has 1 N–H and O–H groups in total. The Morgan fingerprint density at radius 2 is 2.00 bits per heavy atom. The molecule has 0 fully saturated rings. The van der Waals surface area contributed by atoms with Crippen LogP contribution in [0.3, 0.4) is 0 Å². The van der Waals surface area contributed by atoms with E-state index in [2.05, 4.69) is 31.9 Å². The number of alkyl halides is 2. The highest BCUT2D eigenvalue weighted by molar-refractivity contribution is 9.27.